The van der Waals surface area contributed by atoms with Crippen molar-refractivity contribution in [2.45, 2.75) is 41.5 Å². The Kier molecular flexibility index (Phi) is 3.96. The van der Waals surface area contributed by atoms with Crippen LogP contribution in [-0.4, -0.2) is 5.91 Å². The van der Waals surface area contributed by atoms with Crippen molar-refractivity contribution in [3.8, 4) is 0 Å². The maximum absolute atomic E-state index is 12.9. The summed E-state index contributed by atoms with van der Waals surface area (Å²) >= 11 is 0. The minimum absolute atomic E-state index is 0.0870. The molecule has 3 rings (SSSR count). The van der Waals surface area contributed by atoms with Crippen molar-refractivity contribution < 1.29 is 9.21 Å². The Bertz CT molecular complexity index is 938. The molecule has 0 aliphatic carbocycles. The number of para-hydroxylation sites is 1. The van der Waals surface area contributed by atoms with Crippen molar-refractivity contribution in [1.82, 2.24) is 0 Å². The van der Waals surface area contributed by atoms with Gasteiger partial charge in [0.1, 0.15) is 5.76 Å². The van der Waals surface area contributed by atoms with Gasteiger partial charge in [-0.1, -0.05) is 18.2 Å². The number of carbonyl (C=O) groups is 1. The fraction of sp³-hybridized carbons (Fsp3) is 0.286. The summed E-state index contributed by atoms with van der Waals surface area (Å²) in [5, 5.41) is 4.09. The van der Waals surface area contributed by atoms with E-state index < -0.39 is 0 Å². The van der Waals surface area contributed by atoms with E-state index in [9.17, 15) is 4.79 Å². The fourth-order valence-electron chi connectivity index (χ4n) is 3.20. The van der Waals surface area contributed by atoms with E-state index in [0.29, 0.717) is 5.69 Å². The second kappa shape index (κ2) is 5.82. The Morgan fingerprint density at radius 2 is 1.54 bits per heavy atom. The molecule has 124 valence electrons. The van der Waals surface area contributed by atoms with Gasteiger partial charge in [0.05, 0.1) is 5.69 Å². The van der Waals surface area contributed by atoms with Crippen LogP contribution in [0.5, 0.6) is 0 Å². The van der Waals surface area contributed by atoms with Crippen LogP contribution in [0.2, 0.25) is 0 Å². The number of fused-ring (bicyclic) bond motifs is 1. The second-order valence-electron chi connectivity index (χ2n) is 6.55. The number of furan rings is 1. The molecule has 0 radical (unpaired) electrons. The summed E-state index contributed by atoms with van der Waals surface area (Å²) in [6.45, 7) is 12.1. The molecule has 0 aliphatic heterocycles. The van der Waals surface area contributed by atoms with E-state index in [1.54, 1.807) is 0 Å². The molecular weight excluding hydrogens is 298 g/mol. The number of benzene rings is 2. The molecule has 0 fully saturated rings. The third-order valence-corrected chi connectivity index (χ3v) is 5.04. The Morgan fingerprint density at radius 1 is 0.917 bits per heavy atom. The van der Waals surface area contributed by atoms with E-state index in [4.69, 9.17) is 4.42 Å². The van der Waals surface area contributed by atoms with Gasteiger partial charge in [0.15, 0.2) is 5.58 Å². The van der Waals surface area contributed by atoms with Crippen LogP contribution in [0.15, 0.2) is 28.7 Å². The lowest BCUT2D eigenvalue weighted by Crippen LogP contribution is -2.16. The molecule has 0 unspecified atom stereocenters. The molecule has 0 aliphatic rings. The molecule has 1 heterocycles. The molecule has 3 nitrogen and oxygen atoms in total. The predicted octanol–water partition coefficient (Wildman–Crippen LogP) is 5.54. The van der Waals surface area contributed by atoms with Gasteiger partial charge in [0.25, 0.3) is 5.91 Å². The summed E-state index contributed by atoms with van der Waals surface area (Å²) in [4.78, 5) is 12.9. The number of carbonyl (C=O) groups excluding carboxylic acids is 1. The third-order valence-electron chi connectivity index (χ3n) is 5.04. The van der Waals surface area contributed by atoms with Gasteiger partial charge in [-0.2, -0.15) is 0 Å². The standard InChI is InChI=1S/C21H23NO2/c1-11-10-12(2)14(4)19(13(11)3)21(23)22-18-9-7-8-17-15(5)16(6)24-20(17)18/h7-10H,1-6H3,(H,22,23). The Balaban J connectivity index is 2.07. The Hall–Kier alpha value is -2.55. The SMILES string of the molecule is Cc1cc(C)c(C)c(C(=O)Nc2cccc3c(C)c(C)oc23)c1C. The summed E-state index contributed by atoms with van der Waals surface area (Å²) in [6.07, 6.45) is 0. The van der Waals surface area contributed by atoms with Crippen LogP contribution >= 0.6 is 0 Å². The lowest BCUT2D eigenvalue weighted by atomic mass is 9.93. The van der Waals surface area contributed by atoms with E-state index in [2.05, 4.69) is 11.4 Å². The number of hydrogen-bond acceptors (Lipinski definition) is 2. The number of amides is 1. The van der Waals surface area contributed by atoms with E-state index in [0.717, 1.165) is 50.1 Å². The number of hydrogen-bond donors (Lipinski definition) is 1. The average molecular weight is 321 g/mol. The van der Waals surface area contributed by atoms with Gasteiger partial charge in [-0.3, -0.25) is 4.79 Å². The highest BCUT2D eigenvalue weighted by molar-refractivity contribution is 6.10. The summed E-state index contributed by atoms with van der Waals surface area (Å²) in [5.41, 5.74) is 7.62. The molecule has 3 aromatic rings. The second-order valence-corrected chi connectivity index (χ2v) is 6.55. The molecule has 24 heavy (non-hydrogen) atoms. The lowest BCUT2D eigenvalue weighted by Gasteiger charge is -2.15. The van der Waals surface area contributed by atoms with Crippen molar-refractivity contribution in [3.05, 3.63) is 63.4 Å². The van der Waals surface area contributed by atoms with Gasteiger partial charge < -0.3 is 9.73 Å². The zero-order valence-corrected chi connectivity index (χ0v) is 15.1. The van der Waals surface area contributed by atoms with Gasteiger partial charge in [-0.15, -0.1) is 0 Å². The summed E-state index contributed by atoms with van der Waals surface area (Å²) in [5.74, 6) is 0.793. The van der Waals surface area contributed by atoms with Crippen LogP contribution in [0, 0.1) is 41.5 Å². The van der Waals surface area contributed by atoms with Crippen LogP contribution in [0.3, 0.4) is 0 Å². The monoisotopic (exact) mass is 321 g/mol. The van der Waals surface area contributed by atoms with Gasteiger partial charge in [0.2, 0.25) is 0 Å². The molecule has 0 atom stereocenters. The van der Waals surface area contributed by atoms with Crippen molar-refractivity contribution in [1.29, 1.82) is 0 Å². The van der Waals surface area contributed by atoms with Crippen molar-refractivity contribution in [2.24, 2.45) is 0 Å². The molecule has 1 N–H and O–H groups in total. The first-order valence-corrected chi connectivity index (χ1v) is 8.18. The van der Waals surface area contributed by atoms with E-state index in [-0.39, 0.29) is 5.91 Å². The maximum atomic E-state index is 12.9. The van der Waals surface area contributed by atoms with Crippen LogP contribution in [0.1, 0.15) is 43.9 Å². The molecule has 2 aromatic carbocycles. The molecule has 0 saturated heterocycles. The molecule has 0 saturated carbocycles. The highest BCUT2D eigenvalue weighted by atomic mass is 16.3. The van der Waals surface area contributed by atoms with Gasteiger partial charge >= 0.3 is 0 Å². The number of rotatable bonds is 2. The van der Waals surface area contributed by atoms with Gasteiger partial charge in [-0.05, 0) is 75.4 Å². The summed E-state index contributed by atoms with van der Waals surface area (Å²) in [7, 11) is 0. The van der Waals surface area contributed by atoms with E-state index >= 15 is 0 Å². The third kappa shape index (κ3) is 2.50. The zero-order valence-electron chi connectivity index (χ0n) is 15.1. The first kappa shape index (κ1) is 16.3. The van der Waals surface area contributed by atoms with E-state index in [1.807, 2.05) is 59.7 Å². The maximum Gasteiger partial charge on any atom is 0.256 e. The normalized spacial score (nSPS) is 11.1. The van der Waals surface area contributed by atoms with Crippen molar-refractivity contribution in [3.63, 3.8) is 0 Å². The topological polar surface area (TPSA) is 42.2 Å². The average Bonchev–Trinajstić information content (AvgIpc) is 2.82. The van der Waals surface area contributed by atoms with Crippen LogP contribution in [0.25, 0.3) is 11.0 Å². The molecule has 3 heteroatoms. The highest BCUT2D eigenvalue weighted by Gasteiger charge is 2.18. The first-order valence-electron chi connectivity index (χ1n) is 8.18. The predicted molar refractivity (Wildman–Crippen MR) is 99.0 cm³/mol. The summed E-state index contributed by atoms with van der Waals surface area (Å²) in [6, 6.07) is 7.97. The fourth-order valence-corrected chi connectivity index (χ4v) is 3.20. The minimum Gasteiger partial charge on any atom is -0.459 e. The van der Waals surface area contributed by atoms with Crippen LogP contribution < -0.4 is 5.32 Å². The van der Waals surface area contributed by atoms with Crippen molar-refractivity contribution >= 4 is 22.6 Å². The lowest BCUT2D eigenvalue weighted by molar-refractivity contribution is 0.102. The highest BCUT2D eigenvalue weighted by Crippen LogP contribution is 2.31. The quantitative estimate of drug-likeness (QED) is 0.673. The van der Waals surface area contributed by atoms with Crippen LogP contribution in [-0.2, 0) is 0 Å². The minimum atomic E-state index is -0.0870. The Morgan fingerprint density at radius 3 is 2.17 bits per heavy atom. The molecule has 1 amide bonds. The first-order chi connectivity index (χ1) is 11.3. The number of aryl methyl sites for hydroxylation is 4. The van der Waals surface area contributed by atoms with Crippen molar-refractivity contribution in [2.75, 3.05) is 5.32 Å². The number of anilines is 1. The number of nitrogens with one attached hydrogen (secondary N) is 1. The molecule has 0 bridgehead atoms. The van der Waals surface area contributed by atoms with E-state index in [1.165, 1.54) is 0 Å². The van der Waals surface area contributed by atoms with Crippen LogP contribution in [0.4, 0.5) is 5.69 Å². The van der Waals surface area contributed by atoms with Gasteiger partial charge in [0, 0.05) is 10.9 Å². The molecule has 1 aromatic heterocycles. The smallest absolute Gasteiger partial charge is 0.256 e. The largest absolute Gasteiger partial charge is 0.459 e. The summed E-state index contributed by atoms with van der Waals surface area (Å²) < 4.78 is 5.86. The molecule has 0 spiro atoms. The zero-order chi connectivity index (χ0) is 17.6. The Labute approximate surface area is 142 Å². The molecular formula is C21H23NO2. The van der Waals surface area contributed by atoms with Gasteiger partial charge in [-0.25, -0.2) is 0 Å².